The number of anilines is 1. The minimum absolute atomic E-state index is 0.00536. The van der Waals surface area contributed by atoms with Gasteiger partial charge in [0.05, 0.1) is 16.6 Å². The molecule has 1 amide bonds. The molecule has 0 aliphatic carbocycles. The number of aromatic amines is 1. The number of para-hydroxylation sites is 3. The first kappa shape index (κ1) is 19.3. The summed E-state index contributed by atoms with van der Waals surface area (Å²) in [4.78, 5) is 23.6. The first-order valence-corrected chi connectivity index (χ1v) is 9.54. The van der Waals surface area contributed by atoms with Crippen molar-refractivity contribution in [2.75, 3.05) is 31.1 Å². The predicted octanol–water partition coefficient (Wildman–Crippen LogP) is 3.86. The highest BCUT2D eigenvalue weighted by Gasteiger charge is 2.35. The molecule has 3 aromatic rings. The van der Waals surface area contributed by atoms with Gasteiger partial charge < -0.3 is 14.8 Å². The van der Waals surface area contributed by atoms with Crippen molar-refractivity contribution in [3.8, 4) is 0 Å². The molecule has 0 radical (unpaired) electrons. The van der Waals surface area contributed by atoms with Gasteiger partial charge in [0, 0.05) is 44.7 Å². The van der Waals surface area contributed by atoms with Crippen molar-refractivity contribution in [1.29, 1.82) is 0 Å². The summed E-state index contributed by atoms with van der Waals surface area (Å²) in [6.45, 7) is 1.57. The van der Waals surface area contributed by atoms with Crippen molar-refractivity contribution >= 4 is 22.6 Å². The predicted molar refractivity (Wildman–Crippen MR) is 105 cm³/mol. The lowest BCUT2D eigenvalue weighted by atomic mass is 10.1. The lowest BCUT2D eigenvalue weighted by molar-refractivity contribution is -0.137. The summed E-state index contributed by atoms with van der Waals surface area (Å²) in [7, 11) is 0. The topological polar surface area (TPSA) is 52.2 Å². The zero-order valence-corrected chi connectivity index (χ0v) is 15.7. The highest BCUT2D eigenvalue weighted by Crippen LogP contribution is 2.36. The maximum Gasteiger partial charge on any atom is 0.418 e. The average Bonchev–Trinajstić information content (AvgIpc) is 3.14. The first-order chi connectivity index (χ1) is 13.9. The van der Waals surface area contributed by atoms with Crippen LogP contribution in [0.25, 0.3) is 11.0 Å². The molecule has 2 heterocycles. The minimum atomic E-state index is -4.39. The lowest BCUT2D eigenvalue weighted by Gasteiger charge is -2.37. The molecule has 1 aliphatic rings. The monoisotopic (exact) mass is 402 g/mol. The number of benzene rings is 2. The number of hydrogen-bond donors (Lipinski definition) is 1. The van der Waals surface area contributed by atoms with Gasteiger partial charge in [-0.25, -0.2) is 4.98 Å². The van der Waals surface area contributed by atoms with Crippen LogP contribution in [0.4, 0.5) is 18.9 Å². The zero-order valence-electron chi connectivity index (χ0n) is 15.7. The Morgan fingerprint density at radius 1 is 1.00 bits per heavy atom. The summed E-state index contributed by atoms with van der Waals surface area (Å²) < 4.78 is 39.7. The molecule has 1 aliphatic heterocycles. The molecule has 0 unspecified atom stereocenters. The summed E-state index contributed by atoms with van der Waals surface area (Å²) in [6, 6.07) is 13.3. The number of nitrogens with one attached hydrogen (secondary N) is 1. The molecule has 152 valence electrons. The number of nitrogens with zero attached hydrogens (tertiary/aromatic N) is 3. The van der Waals surface area contributed by atoms with Crippen LogP contribution in [0.3, 0.4) is 0 Å². The molecule has 29 heavy (non-hydrogen) atoms. The van der Waals surface area contributed by atoms with E-state index in [9.17, 15) is 18.0 Å². The summed E-state index contributed by atoms with van der Waals surface area (Å²) in [5, 5.41) is 0. The van der Waals surface area contributed by atoms with Gasteiger partial charge in [0.15, 0.2) is 0 Å². The molecule has 5 nitrogen and oxygen atoms in total. The van der Waals surface area contributed by atoms with Gasteiger partial charge in [-0.3, -0.25) is 4.79 Å². The molecule has 0 bridgehead atoms. The van der Waals surface area contributed by atoms with Crippen LogP contribution < -0.4 is 4.90 Å². The molecule has 0 saturated carbocycles. The van der Waals surface area contributed by atoms with Gasteiger partial charge in [-0.2, -0.15) is 13.2 Å². The number of hydrogen-bond acceptors (Lipinski definition) is 3. The van der Waals surface area contributed by atoms with Crippen molar-refractivity contribution < 1.29 is 18.0 Å². The second-order valence-electron chi connectivity index (χ2n) is 7.08. The third-order valence-electron chi connectivity index (χ3n) is 5.20. The van der Waals surface area contributed by atoms with E-state index in [4.69, 9.17) is 0 Å². The van der Waals surface area contributed by atoms with E-state index in [1.165, 1.54) is 12.1 Å². The molecule has 1 fully saturated rings. The molecule has 0 spiro atoms. The molecule has 1 aromatic heterocycles. The number of imidazole rings is 1. The van der Waals surface area contributed by atoms with Gasteiger partial charge in [-0.1, -0.05) is 24.3 Å². The van der Waals surface area contributed by atoms with E-state index in [0.717, 1.165) is 22.9 Å². The highest BCUT2D eigenvalue weighted by molar-refractivity contribution is 5.77. The lowest BCUT2D eigenvalue weighted by Crippen LogP contribution is -2.49. The Bertz CT molecular complexity index is 973. The Balaban J connectivity index is 1.34. The summed E-state index contributed by atoms with van der Waals surface area (Å²) >= 11 is 0. The molecule has 1 N–H and O–H groups in total. The standard InChI is InChI=1S/C21H21F3N4O/c22-21(23,24)15-5-1-4-8-18(15)27-11-13-28(14-12-27)20(29)10-9-19-25-16-6-2-3-7-17(16)26-19/h1-8H,9-14H2,(H,25,26). The average molecular weight is 402 g/mol. The number of halogens is 3. The van der Waals surface area contributed by atoms with Gasteiger partial charge in [-0.15, -0.1) is 0 Å². The van der Waals surface area contributed by atoms with Crippen molar-refractivity contribution in [3.63, 3.8) is 0 Å². The maximum absolute atomic E-state index is 13.2. The second-order valence-corrected chi connectivity index (χ2v) is 7.08. The van der Waals surface area contributed by atoms with E-state index in [-0.39, 0.29) is 11.6 Å². The number of fused-ring (bicyclic) bond motifs is 1. The molecule has 1 saturated heterocycles. The molecule has 8 heteroatoms. The number of aromatic nitrogens is 2. The SMILES string of the molecule is O=C(CCc1nc2ccccc2[nH]1)N1CCN(c2ccccc2C(F)(F)F)CC1. The second kappa shape index (κ2) is 7.77. The van der Waals surface area contributed by atoms with Crippen LogP contribution in [-0.2, 0) is 17.4 Å². The van der Waals surface area contributed by atoms with Gasteiger partial charge in [0.1, 0.15) is 5.82 Å². The Labute approximate surface area is 166 Å². The Kier molecular flexibility index (Phi) is 5.17. The number of aryl methyl sites for hydroxylation is 1. The van der Waals surface area contributed by atoms with Crippen LogP contribution >= 0.6 is 0 Å². The molecule has 4 rings (SSSR count). The van der Waals surface area contributed by atoms with Crippen LogP contribution in [0.1, 0.15) is 17.8 Å². The highest BCUT2D eigenvalue weighted by atomic mass is 19.4. The molecule has 0 atom stereocenters. The van der Waals surface area contributed by atoms with E-state index in [1.807, 2.05) is 24.3 Å². The fourth-order valence-electron chi connectivity index (χ4n) is 3.69. The Hall–Kier alpha value is -3.03. The number of carbonyl (C=O) groups excluding carboxylic acids is 1. The van der Waals surface area contributed by atoms with E-state index >= 15 is 0 Å². The van der Waals surface area contributed by atoms with Crippen molar-refractivity contribution in [2.45, 2.75) is 19.0 Å². The fourth-order valence-corrected chi connectivity index (χ4v) is 3.69. The van der Waals surface area contributed by atoms with Gasteiger partial charge >= 0.3 is 6.18 Å². The Morgan fingerprint density at radius 3 is 2.41 bits per heavy atom. The molecular weight excluding hydrogens is 381 g/mol. The van der Waals surface area contributed by atoms with Gasteiger partial charge in [0.2, 0.25) is 5.91 Å². The first-order valence-electron chi connectivity index (χ1n) is 9.54. The number of piperazine rings is 1. The van der Waals surface area contributed by atoms with E-state index < -0.39 is 11.7 Å². The zero-order chi connectivity index (χ0) is 20.4. The fraction of sp³-hybridized carbons (Fsp3) is 0.333. The minimum Gasteiger partial charge on any atom is -0.367 e. The number of alkyl halides is 3. The van der Waals surface area contributed by atoms with Crippen molar-refractivity contribution in [3.05, 3.63) is 59.9 Å². The van der Waals surface area contributed by atoms with E-state index in [0.29, 0.717) is 39.0 Å². The van der Waals surface area contributed by atoms with Crippen molar-refractivity contribution in [2.24, 2.45) is 0 Å². The number of carbonyl (C=O) groups is 1. The third-order valence-corrected chi connectivity index (χ3v) is 5.20. The number of rotatable bonds is 4. The van der Waals surface area contributed by atoms with Crippen LogP contribution in [0.15, 0.2) is 48.5 Å². The largest absolute Gasteiger partial charge is 0.418 e. The van der Waals surface area contributed by atoms with Crippen LogP contribution in [0.5, 0.6) is 0 Å². The third kappa shape index (κ3) is 4.21. The number of H-pyrrole nitrogens is 1. The molecule has 2 aromatic carbocycles. The summed E-state index contributed by atoms with van der Waals surface area (Å²) in [5.41, 5.74) is 1.35. The van der Waals surface area contributed by atoms with E-state index in [1.54, 1.807) is 15.9 Å². The van der Waals surface area contributed by atoms with Gasteiger partial charge in [0.25, 0.3) is 0 Å². The van der Waals surface area contributed by atoms with E-state index in [2.05, 4.69) is 9.97 Å². The summed E-state index contributed by atoms with van der Waals surface area (Å²) in [5.74, 6) is 0.756. The van der Waals surface area contributed by atoms with Gasteiger partial charge in [-0.05, 0) is 24.3 Å². The van der Waals surface area contributed by atoms with Crippen LogP contribution in [0.2, 0.25) is 0 Å². The molecular formula is C21H21F3N4O. The van der Waals surface area contributed by atoms with Crippen LogP contribution in [0, 0.1) is 0 Å². The normalized spacial score (nSPS) is 15.1. The number of amides is 1. The maximum atomic E-state index is 13.2. The quantitative estimate of drug-likeness (QED) is 0.721. The van der Waals surface area contributed by atoms with Crippen LogP contribution in [-0.4, -0.2) is 47.0 Å². The Morgan fingerprint density at radius 2 is 1.69 bits per heavy atom. The van der Waals surface area contributed by atoms with Crippen molar-refractivity contribution in [1.82, 2.24) is 14.9 Å². The summed E-state index contributed by atoms with van der Waals surface area (Å²) in [6.07, 6.45) is -3.57. The smallest absolute Gasteiger partial charge is 0.367 e.